The van der Waals surface area contributed by atoms with Crippen LogP contribution in [0.3, 0.4) is 0 Å². The maximum absolute atomic E-state index is 12.8. The van der Waals surface area contributed by atoms with Crippen LogP contribution in [-0.4, -0.2) is 23.1 Å². The molecule has 0 radical (unpaired) electrons. The van der Waals surface area contributed by atoms with Gasteiger partial charge in [0.25, 0.3) is 0 Å². The summed E-state index contributed by atoms with van der Waals surface area (Å²) in [6.07, 6.45) is 19.2. The van der Waals surface area contributed by atoms with Gasteiger partial charge in [0, 0.05) is 6.42 Å². The number of carbonyl (C=O) groups excluding carboxylic acids is 2. The Kier molecular flexibility index (Phi) is 14.5. The fraction of sp³-hybridized carbons (Fsp3) is 0.793. The summed E-state index contributed by atoms with van der Waals surface area (Å²) in [5, 5.41) is 0. The molecule has 1 aliphatic rings. The van der Waals surface area contributed by atoms with Crippen molar-refractivity contribution >= 4 is 11.9 Å². The molecule has 1 aliphatic carbocycles. The lowest BCUT2D eigenvalue weighted by Gasteiger charge is -2.30. The van der Waals surface area contributed by atoms with Crippen molar-refractivity contribution in [2.75, 3.05) is 0 Å². The van der Waals surface area contributed by atoms with Crippen LogP contribution in [0.15, 0.2) is 24.3 Å². The van der Waals surface area contributed by atoms with Crippen molar-refractivity contribution in [3.8, 4) is 0 Å². The first-order chi connectivity index (χ1) is 16.4. The standard InChI is InChI=1S/C29H50O6/c1-8-9-10-15-18-24-21-20-23(22-25(24)27(31)33-35-29(5,6)7)17-14-12-11-13-16-19-26(30)32-34-28(2,3)4/h9-10,20-21,23-25H,8,11-19,22H2,1-7H3/b10-9+. The zero-order valence-electron chi connectivity index (χ0n) is 23.3. The van der Waals surface area contributed by atoms with Crippen molar-refractivity contribution < 1.29 is 29.1 Å². The van der Waals surface area contributed by atoms with Gasteiger partial charge in [0.2, 0.25) is 0 Å². The van der Waals surface area contributed by atoms with Crippen LogP contribution in [0.2, 0.25) is 0 Å². The van der Waals surface area contributed by atoms with Gasteiger partial charge in [0.1, 0.15) is 11.2 Å². The summed E-state index contributed by atoms with van der Waals surface area (Å²) in [6, 6.07) is 0. The molecule has 0 saturated carbocycles. The van der Waals surface area contributed by atoms with Crippen LogP contribution in [0, 0.1) is 17.8 Å². The molecule has 35 heavy (non-hydrogen) atoms. The van der Waals surface area contributed by atoms with Crippen LogP contribution in [0.1, 0.15) is 119 Å². The van der Waals surface area contributed by atoms with Crippen molar-refractivity contribution in [2.24, 2.45) is 17.8 Å². The summed E-state index contributed by atoms with van der Waals surface area (Å²) in [5.74, 6) is -0.148. The maximum Gasteiger partial charge on any atom is 0.346 e. The van der Waals surface area contributed by atoms with Crippen molar-refractivity contribution in [1.82, 2.24) is 0 Å². The average Bonchev–Trinajstić information content (AvgIpc) is 2.77. The van der Waals surface area contributed by atoms with Crippen molar-refractivity contribution in [3.63, 3.8) is 0 Å². The lowest BCUT2D eigenvalue weighted by molar-refractivity contribution is -0.324. The summed E-state index contributed by atoms with van der Waals surface area (Å²) in [5.41, 5.74) is -1.00. The molecule has 0 aromatic heterocycles. The molecular weight excluding hydrogens is 444 g/mol. The van der Waals surface area contributed by atoms with E-state index in [-0.39, 0.29) is 23.8 Å². The predicted octanol–water partition coefficient (Wildman–Crippen LogP) is 7.82. The van der Waals surface area contributed by atoms with E-state index in [2.05, 4.69) is 31.2 Å². The van der Waals surface area contributed by atoms with Crippen LogP contribution in [0.25, 0.3) is 0 Å². The molecule has 0 aromatic carbocycles. The van der Waals surface area contributed by atoms with E-state index in [0.717, 1.165) is 64.2 Å². The molecule has 0 heterocycles. The smallest absolute Gasteiger partial charge is 0.298 e. The number of allylic oxidation sites excluding steroid dienone is 4. The minimum atomic E-state index is -0.519. The Morgan fingerprint density at radius 3 is 2.11 bits per heavy atom. The summed E-state index contributed by atoms with van der Waals surface area (Å²) in [6.45, 7) is 13.3. The molecule has 3 unspecified atom stereocenters. The van der Waals surface area contributed by atoms with E-state index >= 15 is 0 Å². The normalized spacial score (nSPS) is 20.8. The van der Waals surface area contributed by atoms with Gasteiger partial charge in [-0.2, -0.15) is 9.78 Å². The first-order valence-corrected chi connectivity index (χ1v) is 13.5. The molecular formula is C29H50O6. The third-order valence-electron chi connectivity index (χ3n) is 5.79. The van der Waals surface area contributed by atoms with Crippen LogP contribution in [-0.2, 0) is 29.1 Å². The van der Waals surface area contributed by atoms with E-state index in [1.54, 1.807) is 0 Å². The first kappa shape index (κ1) is 31.4. The maximum atomic E-state index is 12.8. The van der Waals surface area contributed by atoms with Gasteiger partial charge in [-0.25, -0.2) is 9.59 Å². The lowest BCUT2D eigenvalue weighted by atomic mass is 9.75. The molecule has 3 atom stereocenters. The second kappa shape index (κ2) is 16.2. The minimum absolute atomic E-state index is 0.163. The second-order valence-corrected chi connectivity index (χ2v) is 11.7. The fourth-order valence-electron chi connectivity index (χ4n) is 4.02. The Bertz CT molecular complexity index is 668. The van der Waals surface area contributed by atoms with Crippen LogP contribution >= 0.6 is 0 Å². The number of rotatable bonds is 15. The highest BCUT2D eigenvalue weighted by Crippen LogP contribution is 2.35. The molecule has 0 saturated heterocycles. The van der Waals surface area contributed by atoms with Gasteiger partial charge in [-0.1, -0.05) is 56.9 Å². The quantitative estimate of drug-likeness (QED) is 0.1000. The number of unbranched alkanes of at least 4 members (excludes halogenated alkanes) is 4. The Morgan fingerprint density at radius 1 is 0.829 bits per heavy atom. The van der Waals surface area contributed by atoms with E-state index in [4.69, 9.17) is 19.6 Å². The molecule has 0 amide bonds. The molecule has 0 N–H and O–H groups in total. The molecule has 0 aliphatic heterocycles. The zero-order valence-corrected chi connectivity index (χ0v) is 23.3. The largest absolute Gasteiger partial charge is 0.346 e. The number of carbonyl (C=O) groups is 2. The van der Waals surface area contributed by atoms with Gasteiger partial charge in [0.15, 0.2) is 0 Å². The van der Waals surface area contributed by atoms with E-state index < -0.39 is 11.2 Å². The van der Waals surface area contributed by atoms with Gasteiger partial charge in [0.05, 0.1) is 5.92 Å². The van der Waals surface area contributed by atoms with Gasteiger partial charge in [-0.05, 0) is 91.9 Å². The van der Waals surface area contributed by atoms with Crippen molar-refractivity contribution in [1.29, 1.82) is 0 Å². The minimum Gasteiger partial charge on any atom is -0.298 e. The highest BCUT2D eigenvalue weighted by Gasteiger charge is 2.34. The SMILES string of the molecule is CC/C=C/CCC1C=CC(CCCCCCCC(=O)OOC(C)(C)C)CC1C(=O)OOC(C)(C)C. The predicted molar refractivity (Wildman–Crippen MR) is 139 cm³/mol. The highest BCUT2D eigenvalue weighted by molar-refractivity contribution is 5.72. The van der Waals surface area contributed by atoms with E-state index in [9.17, 15) is 9.59 Å². The molecule has 1 rings (SSSR count). The van der Waals surface area contributed by atoms with Gasteiger partial charge < -0.3 is 0 Å². The number of hydrogen-bond donors (Lipinski definition) is 0. The topological polar surface area (TPSA) is 71.1 Å². The molecule has 0 bridgehead atoms. The van der Waals surface area contributed by atoms with E-state index in [1.807, 2.05) is 41.5 Å². The molecule has 0 aromatic rings. The van der Waals surface area contributed by atoms with Crippen LogP contribution in [0.4, 0.5) is 0 Å². The highest BCUT2D eigenvalue weighted by atomic mass is 17.2. The van der Waals surface area contributed by atoms with Crippen LogP contribution in [0.5, 0.6) is 0 Å². The fourth-order valence-corrected chi connectivity index (χ4v) is 4.02. The Hall–Kier alpha value is -1.66. The monoisotopic (exact) mass is 494 g/mol. The zero-order chi connectivity index (χ0) is 26.3. The third kappa shape index (κ3) is 15.8. The molecule has 202 valence electrons. The van der Waals surface area contributed by atoms with E-state index in [1.165, 1.54) is 0 Å². The lowest BCUT2D eigenvalue weighted by Crippen LogP contribution is -2.32. The summed E-state index contributed by atoms with van der Waals surface area (Å²) >= 11 is 0. The van der Waals surface area contributed by atoms with Gasteiger partial charge in [-0.3, -0.25) is 9.78 Å². The summed E-state index contributed by atoms with van der Waals surface area (Å²) < 4.78 is 0. The molecule has 0 fully saturated rings. The summed E-state index contributed by atoms with van der Waals surface area (Å²) in [4.78, 5) is 45.0. The second-order valence-electron chi connectivity index (χ2n) is 11.7. The first-order valence-electron chi connectivity index (χ1n) is 13.5. The average molecular weight is 495 g/mol. The Labute approximate surface area is 213 Å². The van der Waals surface area contributed by atoms with Gasteiger partial charge >= 0.3 is 11.9 Å². The molecule has 6 heteroatoms. The molecule has 0 spiro atoms. The van der Waals surface area contributed by atoms with Crippen LogP contribution < -0.4 is 0 Å². The van der Waals surface area contributed by atoms with Gasteiger partial charge in [-0.15, -0.1) is 0 Å². The van der Waals surface area contributed by atoms with Crippen molar-refractivity contribution in [2.45, 2.75) is 130 Å². The summed E-state index contributed by atoms with van der Waals surface area (Å²) in [7, 11) is 0. The Morgan fingerprint density at radius 2 is 1.46 bits per heavy atom. The van der Waals surface area contributed by atoms with Crippen molar-refractivity contribution in [3.05, 3.63) is 24.3 Å². The third-order valence-corrected chi connectivity index (χ3v) is 5.79. The molecule has 6 nitrogen and oxygen atoms in total. The Balaban J connectivity index is 2.40. The number of hydrogen-bond acceptors (Lipinski definition) is 6. The van der Waals surface area contributed by atoms with E-state index in [0.29, 0.717) is 12.3 Å².